The van der Waals surface area contributed by atoms with Gasteiger partial charge in [-0.25, -0.2) is 18.4 Å². The van der Waals surface area contributed by atoms with Crippen molar-refractivity contribution >= 4 is 39.0 Å². The van der Waals surface area contributed by atoms with Crippen LogP contribution in [0.3, 0.4) is 0 Å². The third-order valence-corrected chi connectivity index (χ3v) is 7.22. The number of nitrogens with zero attached hydrogens (tertiary/aromatic N) is 3. The standard InChI is InChI=1S/C19H24ClN5O3S/c1-3-14-17(20)24-19(16(23-14)18(21)26)22-13-7-8-15(12(2)11-13)29(27,28)25-9-5-4-6-10-25/h7-8,11H,3-6,9-10H2,1-2H3,(H2,21,26)(H,22,24). The first-order valence-corrected chi connectivity index (χ1v) is 11.3. The molecule has 8 nitrogen and oxygen atoms in total. The number of hydrogen-bond acceptors (Lipinski definition) is 6. The zero-order chi connectivity index (χ0) is 21.2. The lowest BCUT2D eigenvalue weighted by atomic mass is 10.2. The third kappa shape index (κ3) is 4.52. The first kappa shape index (κ1) is 21.5. The van der Waals surface area contributed by atoms with Gasteiger partial charge in [0, 0.05) is 18.8 Å². The molecular formula is C19H24ClN5O3S. The Balaban J connectivity index is 1.92. The molecule has 1 saturated heterocycles. The van der Waals surface area contributed by atoms with Gasteiger partial charge in [0.1, 0.15) is 0 Å². The predicted molar refractivity (Wildman–Crippen MR) is 112 cm³/mol. The molecule has 1 fully saturated rings. The second-order valence-electron chi connectivity index (χ2n) is 6.95. The molecule has 1 amide bonds. The highest BCUT2D eigenvalue weighted by Crippen LogP contribution is 2.28. The number of benzene rings is 1. The van der Waals surface area contributed by atoms with E-state index in [4.69, 9.17) is 17.3 Å². The van der Waals surface area contributed by atoms with Gasteiger partial charge < -0.3 is 11.1 Å². The minimum absolute atomic E-state index is 0.0195. The summed E-state index contributed by atoms with van der Waals surface area (Å²) in [6.07, 6.45) is 3.31. The van der Waals surface area contributed by atoms with Crippen molar-refractivity contribution in [1.82, 2.24) is 14.3 Å². The predicted octanol–water partition coefficient (Wildman–Crippen LogP) is 3.02. The van der Waals surface area contributed by atoms with Gasteiger partial charge >= 0.3 is 0 Å². The summed E-state index contributed by atoms with van der Waals surface area (Å²) in [4.78, 5) is 20.4. The van der Waals surface area contributed by atoms with E-state index in [1.807, 2.05) is 6.92 Å². The molecule has 2 heterocycles. The SMILES string of the molecule is CCc1nc(C(N)=O)c(Nc2ccc(S(=O)(=O)N3CCCCC3)c(C)c2)nc1Cl. The minimum atomic E-state index is -3.54. The summed E-state index contributed by atoms with van der Waals surface area (Å²) in [6.45, 7) is 4.66. The van der Waals surface area contributed by atoms with Crippen LogP contribution in [0.15, 0.2) is 23.1 Å². The molecule has 0 atom stereocenters. The molecule has 1 aliphatic heterocycles. The van der Waals surface area contributed by atoms with Gasteiger partial charge in [-0.1, -0.05) is 24.9 Å². The van der Waals surface area contributed by atoms with Crippen LogP contribution in [-0.4, -0.2) is 41.7 Å². The average molecular weight is 438 g/mol. The third-order valence-electron chi connectivity index (χ3n) is 4.86. The van der Waals surface area contributed by atoms with E-state index in [1.54, 1.807) is 25.1 Å². The minimum Gasteiger partial charge on any atom is -0.364 e. The highest BCUT2D eigenvalue weighted by molar-refractivity contribution is 7.89. The highest BCUT2D eigenvalue weighted by Gasteiger charge is 2.27. The molecule has 2 aromatic rings. The Labute approximate surface area is 175 Å². The van der Waals surface area contributed by atoms with E-state index in [0.717, 1.165) is 19.3 Å². The van der Waals surface area contributed by atoms with Gasteiger partial charge in [-0.3, -0.25) is 4.79 Å². The number of amides is 1. The molecule has 0 spiro atoms. The van der Waals surface area contributed by atoms with Crippen molar-refractivity contribution in [2.75, 3.05) is 18.4 Å². The highest BCUT2D eigenvalue weighted by atomic mass is 35.5. The lowest BCUT2D eigenvalue weighted by Gasteiger charge is -2.26. The molecule has 3 rings (SSSR count). The van der Waals surface area contributed by atoms with Gasteiger partial charge in [-0.2, -0.15) is 4.31 Å². The molecule has 1 aliphatic rings. The quantitative estimate of drug-likeness (QED) is 0.717. The first-order chi connectivity index (χ1) is 13.7. The van der Waals surface area contributed by atoms with Crippen molar-refractivity contribution < 1.29 is 13.2 Å². The summed E-state index contributed by atoms with van der Waals surface area (Å²) < 4.78 is 27.4. The average Bonchev–Trinajstić information content (AvgIpc) is 2.68. The Morgan fingerprint density at radius 2 is 1.93 bits per heavy atom. The smallest absolute Gasteiger partial charge is 0.271 e. The number of halogens is 1. The van der Waals surface area contributed by atoms with Crippen LogP contribution < -0.4 is 11.1 Å². The van der Waals surface area contributed by atoms with Gasteiger partial charge in [-0.15, -0.1) is 0 Å². The number of aryl methyl sites for hydroxylation is 2. The molecule has 0 saturated carbocycles. The van der Waals surface area contributed by atoms with E-state index in [1.165, 1.54) is 4.31 Å². The van der Waals surface area contributed by atoms with E-state index < -0.39 is 15.9 Å². The van der Waals surface area contributed by atoms with Crippen LogP contribution >= 0.6 is 11.6 Å². The van der Waals surface area contributed by atoms with Gasteiger partial charge in [0.15, 0.2) is 16.7 Å². The number of aromatic nitrogens is 2. The number of rotatable bonds is 6. The van der Waals surface area contributed by atoms with Crippen molar-refractivity contribution in [3.05, 3.63) is 40.3 Å². The van der Waals surface area contributed by atoms with Gasteiger partial charge in [0.05, 0.1) is 10.6 Å². The molecule has 3 N–H and O–H groups in total. The number of nitrogens with one attached hydrogen (secondary N) is 1. The van der Waals surface area contributed by atoms with E-state index in [-0.39, 0.29) is 21.6 Å². The summed E-state index contributed by atoms with van der Waals surface area (Å²) in [5, 5.41) is 3.16. The van der Waals surface area contributed by atoms with Crippen LogP contribution in [0.25, 0.3) is 0 Å². The van der Waals surface area contributed by atoms with Gasteiger partial charge in [0.2, 0.25) is 10.0 Å². The number of sulfonamides is 1. The fourth-order valence-electron chi connectivity index (χ4n) is 3.33. The Bertz CT molecular complexity index is 1040. The second kappa shape index (κ2) is 8.64. The van der Waals surface area contributed by atoms with Gasteiger partial charge in [-0.05, 0) is 49.9 Å². The van der Waals surface area contributed by atoms with Crippen LogP contribution in [0.4, 0.5) is 11.5 Å². The number of carbonyl (C=O) groups is 1. The molecule has 0 aliphatic carbocycles. The van der Waals surface area contributed by atoms with Crippen molar-refractivity contribution in [3.8, 4) is 0 Å². The van der Waals surface area contributed by atoms with Crippen LogP contribution in [-0.2, 0) is 16.4 Å². The van der Waals surface area contributed by atoms with Crippen molar-refractivity contribution in [2.24, 2.45) is 5.73 Å². The molecule has 10 heteroatoms. The summed E-state index contributed by atoms with van der Waals surface area (Å²) in [5.74, 6) is -0.599. The summed E-state index contributed by atoms with van der Waals surface area (Å²) in [6, 6.07) is 4.86. The van der Waals surface area contributed by atoms with E-state index in [9.17, 15) is 13.2 Å². The van der Waals surface area contributed by atoms with Crippen LogP contribution in [0.5, 0.6) is 0 Å². The normalized spacial score (nSPS) is 15.3. The number of carbonyl (C=O) groups excluding carboxylic acids is 1. The zero-order valence-electron chi connectivity index (χ0n) is 16.4. The van der Waals surface area contributed by atoms with E-state index in [2.05, 4.69) is 15.3 Å². The van der Waals surface area contributed by atoms with Crippen molar-refractivity contribution in [1.29, 1.82) is 0 Å². The zero-order valence-corrected chi connectivity index (χ0v) is 18.0. The summed E-state index contributed by atoms with van der Waals surface area (Å²) >= 11 is 6.12. The monoisotopic (exact) mass is 437 g/mol. The molecule has 0 unspecified atom stereocenters. The van der Waals surface area contributed by atoms with Gasteiger partial charge in [0.25, 0.3) is 5.91 Å². The Kier molecular flexibility index (Phi) is 6.40. The fourth-order valence-corrected chi connectivity index (χ4v) is 5.31. The Hall–Kier alpha value is -2.23. The largest absolute Gasteiger partial charge is 0.364 e. The Morgan fingerprint density at radius 1 is 1.24 bits per heavy atom. The first-order valence-electron chi connectivity index (χ1n) is 9.48. The number of anilines is 2. The summed E-state index contributed by atoms with van der Waals surface area (Å²) in [5.41, 5.74) is 7.03. The maximum atomic E-state index is 12.9. The van der Waals surface area contributed by atoms with Crippen LogP contribution in [0.2, 0.25) is 5.15 Å². The number of hydrogen-bond donors (Lipinski definition) is 2. The maximum Gasteiger partial charge on any atom is 0.271 e. The lowest BCUT2D eigenvalue weighted by molar-refractivity contribution is 0.0996. The van der Waals surface area contributed by atoms with Crippen molar-refractivity contribution in [3.63, 3.8) is 0 Å². The summed E-state index contributed by atoms with van der Waals surface area (Å²) in [7, 11) is -3.54. The molecule has 1 aromatic heterocycles. The molecule has 0 radical (unpaired) electrons. The molecular weight excluding hydrogens is 414 g/mol. The fraction of sp³-hybridized carbons (Fsp3) is 0.421. The lowest BCUT2D eigenvalue weighted by Crippen LogP contribution is -2.35. The van der Waals surface area contributed by atoms with Crippen LogP contribution in [0.1, 0.15) is 47.9 Å². The van der Waals surface area contributed by atoms with E-state index in [0.29, 0.717) is 36.5 Å². The maximum absolute atomic E-state index is 12.9. The van der Waals surface area contributed by atoms with Crippen LogP contribution in [0, 0.1) is 6.92 Å². The molecule has 0 bridgehead atoms. The molecule has 29 heavy (non-hydrogen) atoms. The number of piperidine rings is 1. The molecule has 1 aromatic carbocycles. The number of primary amides is 1. The second-order valence-corrected chi connectivity index (χ2v) is 9.21. The molecule has 156 valence electrons. The topological polar surface area (TPSA) is 118 Å². The Morgan fingerprint density at radius 3 is 2.52 bits per heavy atom. The van der Waals surface area contributed by atoms with E-state index >= 15 is 0 Å². The number of nitrogens with two attached hydrogens (primary N) is 1. The van der Waals surface area contributed by atoms with Crippen molar-refractivity contribution in [2.45, 2.75) is 44.4 Å².